The Morgan fingerprint density at radius 2 is 2.07 bits per heavy atom. The van der Waals surface area contributed by atoms with E-state index in [1.54, 1.807) is 25.3 Å². The number of rotatable bonds is 4. The van der Waals surface area contributed by atoms with Gasteiger partial charge < -0.3 is 19.5 Å². The summed E-state index contributed by atoms with van der Waals surface area (Å²) in [5.41, 5.74) is 1.48. The van der Waals surface area contributed by atoms with Crippen molar-refractivity contribution in [2.24, 2.45) is 0 Å². The molecule has 7 nitrogen and oxygen atoms in total. The van der Waals surface area contributed by atoms with Crippen molar-refractivity contribution in [3.05, 3.63) is 59.2 Å². The molecule has 2 aromatic carbocycles. The molecule has 2 heterocycles. The lowest BCUT2D eigenvalue weighted by atomic mass is 9.91. The highest BCUT2D eigenvalue weighted by molar-refractivity contribution is 5.97. The molecular weight excluding hydrogens is 384 g/mol. The van der Waals surface area contributed by atoms with Crippen molar-refractivity contribution in [1.82, 2.24) is 10.2 Å². The minimum absolute atomic E-state index is 0.105. The first kappa shape index (κ1) is 20.2. The second kappa shape index (κ2) is 8.36. The van der Waals surface area contributed by atoms with Gasteiger partial charge in [0.15, 0.2) is 0 Å². The second-order valence-electron chi connectivity index (χ2n) is 7.80. The zero-order valence-corrected chi connectivity index (χ0v) is 17.3. The van der Waals surface area contributed by atoms with Crippen LogP contribution in [0.3, 0.4) is 0 Å². The smallest absolute Gasteiger partial charge is 0.337 e. The van der Waals surface area contributed by atoms with Crippen LogP contribution in [-0.2, 0) is 11.3 Å². The van der Waals surface area contributed by atoms with Gasteiger partial charge in [-0.3, -0.25) is 9.69 Å². The van der Waals surface area contributed by atoms with E-state index >= 15 is 0 Å². The van der Waals surface area contributed by atoms with Crippen molar-refractivity contribution in [3.8, 4) is 11.5 Å². The molecule has 1 N–H and O–H groups in total. The number of benzene rings is 2. The van der Waals surface area contributed by atoms with Crippen molar-refractivity contribution in [2.45, 2.75) is 25.0 Å². The number of piperidine rings is 1. The Bertz CT molecular complexity index is 960. The maximum absolute atomic E-state index is 12.5. The molecule has 1 atom stereocenters. The van der Waals surface area contributed by atoms with Crippen LogP contribution < -0.4 is 14.8 Å². The van der Waals surface area contributed by atoms with Crippen LogP contribution in [0, 0.1) is 0 Å². The standard InChI is InChI=1S/C23H26N2O5/c1-28-19-9-8-16(22(27)29-2)12-17(19)13-25-11-5-10-23(15-25)14-24-21(26)18-6-3-4-7-20(18)30-23/h3-4,6-9,12H,5,10-11,13-15H2,1-2H3,(H,24,26). The average molecular weight is 410 g/mol. The number of methoxy groups -OCH3 is 2. The van der Waals surface area contributed by atoms with E-state index in [4.69, 9.17) is 14.2 Å². The molecule has 1 spiro atoms. The van der Waals surface area contributed by atoms with Crippen molar-refractivity contribution in [2.75, 3.05) is 33.9 Å². The molecule has 158 valence electrons. The summed E-state index contributed by atoms with van der Waals surface area (Å²) in [6, 6.07) is 12.7. The highest BCUT2D eigenvalue weighted by Crippen LogP contribution is 2.33. The molecule has 1 fully saturated rings. The molecule has 2 aromatic rings. The van der Waals surface area contributed by atoms with Gasteiger partial charge in [-0.25, -0.2) is 4.79 Å². The van der Waals surface area contributed by atoms with Crippen LogP contribution in [0.15, 0.2) is 42.5 Å². The molecule has 7 heteroatoms. The Labute approximate surface area is 175 Å². The summed E-state index contributed by atoms with van der Waals surface area (Å²) in [5.74, 6) is 0.870. The molecule has 0 aliphatic carbocycles. The van der Waals surface area contributed by atoms with Gasteiger partial charge in [0.25, 0.3) is 5.91 Å². The lowest BCUT2D eigenvalue weighted by Gasteiger charge is -2.42. The van der Waals surface area contributed by atoms with Crippen LogP contribution in [0.1, 0.15) is 39.1 Å². The largest absolute Gasteiger partial charge is 0.496 e. The molecule has 2 aliphatic rings. The monoisotopic (exact) mass is 410 g/mol. The van der Waals surface area contributed by atoms with Crippen LogP contribution in [-0.4, -0.2) is 56.2 Å². The lowest BCUT2D eigenvalue weighted by Crippen LogP contribution is -2.56. The van der Waals surface area contributed by atoms with Gasteiger partial charge in [0, 0.05) is 18.7 Å². The Balaban J connectivity index is 1.57. The maximum atomic E-state index is 12.5. The number of para-hydroxylation sites is 1. The van der Waals surface area contributed by atoms with Crippen LogP contribution >= 0.6 is 0 Å². The van der Waals surface area contributed by atoms with Gasteiger partial charge >= 0.3 is 5.97 Å². The number of carbonyl (C=O) groups is 2. The third-order valence-corrected chi connectivity index (χ3v) is 5.74. The van der Waals surface area contributed by atoms with Gasteiger partial charge in [-0.05, 0) is 49.7 Å². The number of hydrogen-bond acceptors (Lipinski definition) is 6. The number of nitrogens with zero attached hydrogens (tertiary/aromatic N) is 1. The summed E-state index contributed by atoms with van der Waals surface area (Å²) < 4.78 is 16.8. The summed E-state index contributed by atoms with van der Waals surface area (Å²) in [6.45, 7) is 2.62. The SMILES string of the molecule is COC(=O)c1ccc(OC)c(CN2CCCC3(CNC(=O)c4ccccc4O3)C2)c1. The minimum Gasteiger partial charge on any atom is -0.496 e. The number of carbonyl (C=O) groups excluding carboxylic acids is 2. The van der Waals surface area contributed by atoms with Crippen molar-refractivity contribution < 1.29 is 23.8 Å². The first-order chi connectivity index (χ1) is 14.5. The molecule has 0 bridgehead atoms. The van der Waals surface area contributed by atoms with Gasteiger partial charge in [0.1, 0.15) is 17.1 Å². The van der Waals surface area contributed by atoms with Gasteiger partial charge in [-0.15, -0.1) is 0 Å². The molecule has 2 aliphatic heterocycles. The van der Waals surface area contributed by atoms with Gasteiger partial charge in [-0.2, -0.15) is 0 Å². The number of amides is 1. The van der Waals surface area contributed by atoms with Gasteiger partial charge in [-0.1, -0.05) is 12.1 Å². The lowest BCUT2D eigenvalue weighted by molar-refractivity contribution is -0.00725. The van der Waals surface area contributed by atoms with E-state index in [1.807, 2.05) is 24.3 Å². The number of fused-ring (bicyclic) bond motifs is 1. The van der Waals surface area contributed by atoms with Gasteiger partial charge in [0.05, 0.1) is 31.9 Å². The average Bonchev–Trinajstić information content (AvgIpc) is 2.90. The highest BCUT2D eigenvalue weighted by Gasteiger charge is 2.40. The third-order valence-electron chi connectivity index (χ3n) is 5.74. The fourth-order valence-electron chi connectivity index (χ4n) is 4.29. The number of esters is 1. The molecular formula is C23H26N2O5. The predicted molar refractivity (Wildman–Crippen MR) is 111 cm³/mol. The fourth-order valence-corrected chi connectivity index (χ4v) is 4.29. The van der Waals surface area contributed by atoms with E-state index in [0.29, 0.717) is 36.5 Å². The van der Waals surface area contributed by atoms with E-state index < -0.39 is 5.60 Å². The molecule has 1 unspecified atom stereocenters. The van der Waals surface area contributed by atoms with E-state index in [0.717, 1.165) is 30.7 Å². The number of nitrogens with one attached hydrogen (secondary N) is 1. The maximum Gasteiger partial charge on any atom is 0.337 e. The summed E-state index contributed by atoms with van der Waals surface area (Å²) in [6.07, 6.45) is 1.80. The number of hydrogen-bond donors (Lipinski definition) is 1. The van der Waals surface area contributed by atoms with Crippen molar-refractivity contribution in [3.63, 3.8) is 0 Å². The van der Waals surface area contributed by atoms with Crippen LogP contribution in [0.25, 0.3) is 0 Å². The molecule has 30 heavy (non-hydrogen) atoms. The normalized spacial score (nSPS) is 21.2. The molecule has 0 saturated carbocycles. The summed E-state index contributed by atoms with van der Waals surface area (Å²) in [7, 11) is 2.99. The number of ether oxygens (including phenoxy) is 3. The quantitative estimate of drug-likeness (QED) is 0.781. The topological polar surface area (TPSA) is 77.1 Å². The fraction of sp³-hybridized carbons (Fsp3) is 0.391. The van der Waals surface area contributed by atoms with Crippen molar-refractivity contribution >= 4 is 11.9 Å². The van der Waals surface area contributed by atoms with Gasteiger partial charge in [0.2, 0.25) is 0 Å². The molecule has 1 saturated heterocycles. The Kier molecular flexibility index (Phi) is 5.63. The second-order valence-corrected chi connectivity index (χ2v) is 7.80. The first-order valence-electron chi connectivity index (χ1n) is 10.1. The Hall–Kier alpha value is -3.06. The molecule has 1 amide bonds. The zero-order valence-electron chi connectivity index (χ0n) is 17.3. The van der Waals surface area contributed by atoms with E-state index in [9.17, 15) is 9.59 Å². The Morgan fingerprint density at radius 1 is 1.23 bits per heavy atom. The van der Waals surface area contributed by atoms with Crippen LogP contribution in [0.2, 0.25) is 0 Å². The van der Waals surface area contributed by atoms with E-state index in [1.165, 1.54) is 7.11 Å². The zero-order chi connectivity index (χ0) is 21.1. The molecule has 0 aromatic heterocycles. The third kappa shape index (κ3) is 3.98. The number of likely N-dealkylation sites (tertiary alicyclic amines) is 1. The summed E-state index contributed by atoms with van der Waals surface area (Å²) in [4.78, 5) is 26.7. The summed E-state index contributed by atoms with van der Waals surface area (Å²) >= 11 is 0. The van der Waals surface area contributed by atoms with Crippen LogP contribution in [0.4, 0.5) is 0 Å². The van der Waals surface area contributed by atoms with E-state index in [2.05, 4.69) is 10.2 Å². The Morgan fingerprint density at radius 3 is 2.87 bits per heavy atom. The predicted octanol–water partition coefficient (Wildman–Crippen LogP) is 2.64. The molecule has 0 radical (unpaired) electrons. The first-order valence-corrected chi connectivity index (χ1v) is 10.1. The van der Waals surface area contributed by atoms with Crippen LogP contribution in [0.5, 0.6) is 11.5 Å². The summed E-state index contributed by atoms with van der Waals surface area (Å²) in [5, 5.41) is 3.02. The van der Waals surface area contributed by atoms with Crippen molar-refractivity contribution in [1.29, 1.82) is 0 Å². The molecule has 4 rings (SSSR count). The highest BCUT2D eigenvalue weighted by atomic mass is 16.5. The van der Waals surface area contributed by atoms with E-state index in [-0.39, 0.29) is 11.9 Å². The minimum atomic E-state index is -0.492.